The summed E-state index contributed by atoms with van der Waals surface area (Å²) in [5, 5.41) is 4.85. The second kappa shape index (κ2) is 9.87. The first kappa shape index (κ1) is 23.6. The lowest BCUT2D eigenvalue weighted by molar-refractivity contribution is -0.938. The summed E-state index contributed by atoms with van der Waals surface area (Å²) < 4.78 is 34.6. The summed E-state index contributed by atoms with van der Waals surface area (Å²) in [5.74, 6) is -1.10. The Kier molecular flexibility index (Phi) is 6.67. The number of carbonyl (C=O) groups excluding carboxylic acids is 2. The van der Waals surface area contributed by atoms with Crippen molar-refractivity contribution in [3.05, 3.63) is 88.1 Å². The maximum absolute atomic E-state index is 14.4. The molecule has 2 atom stereocenters. The van der Waals surface area contributed by atoms with Crippen LogP contribution in [0.25, 0.3) is 0 Å². The molecule has 3 aliphatic rings. The van der Waals surface area contributed by atoms with Crippen molar-refractivity contribution in [2.75, 3.05) is 31.5 Å². The van der Waals surface area contributed by atoms with Crippen LogP contribution in [0.5, 0.6) is 0 Å². The Labute approximate surface area is 206 Å². The van der Waals surface area contributed by atoms with E-state index in [1.165, 1.54) is 41.7 Å². The largest absolute Gasteiger partial charge is 0.454 e. The number of fused-ring (bicyclic) bond motifs is 3. The standard InChI is InChI=1S/C27H27F2N2O3S/c28-20-9-7-19(8-10-20)26(30-22-5-2-1-4-21(22)29)27(33)34-24-17-31(13-11-18(24)12-14-31)16-23(32)25-6-3-15-35-25/h1-10,15,18,24,26,30H,11-14,16-17H2/q+1/t18?,24-,26?,31?/m0/s1. The van der Waals surface area contributed by atoms with Crippen molar-refractivity contribution >= 4 is 28.8 Å². The van der Waals surface area contributed by atoms with Gasteiger partial charge in [-0.05, 0) is 41.3 Å². The highest BCUT2D eigenvalue weighted by Gasteiger charge is 2.49. The summed E-state index contributed by atoms with van der Waals surface area (Å²) in [4.78, 5) is 27.0. The topological polar surface area (TPSA) is 55.4 Å². The van der Waals surface area contributed by atoms with E-state index in [1.54, 1.807) is 18.2 Å². The van der Waals surface area contributed by atoms with E-state index in [4.69, 9.17) is 4.74 Å². The van der Waals surface area contributed by atoms with Crippen LogP contribution in [-0.2, 0) is 9.53 Å². The predicted molar refractivity (Wildman–Crippen MR) is 130 cm³/mol. The minimum Gasteiger partial charge on any atom is -0.454 e. The lowest BCUT2D eigenvalue weighted by atomic mass is 9.83. The van der Waals surface area contributed by atoms with Gasteiger partial charge in [-0.1, -0.05) is 30.3 Å². The van der Waals surface area contributed by atoms with Crippen LogP contribution in [0.2, 0.25) is 0 Å². The van der Waals surface area contributed by atoms with Gasteiger partial charge in [-0.3, -0.25) is 4.79 Å². The Hall–Kier alpha value is -3.10. The Morgan fingerprint density at radius 3 is 2.46 bits per heavy atom. The number of anilines is 1. The van der Waals surface area contributed by atoms with Crippen LogP contribution in [-0.4, -0.2) is 48.5 Å². The van der Waals surface area contributed by atoms with Crippen molar-refractivity contribution < 1.29 is 27.6 Å². The van der Waals surface area contributed by atoms with Crippen molar-refractivity contribution in [3.63, 3.8) is 0 Å². The highest BCUT2D eigenvalue weighted by atomic mass is 32.1. The molecule has 0 radical (unpaired) electrons. The molecule has 3 saturated heterocycles. The molecule has 35 heavy (non-hydrogen) atoms. The molecule has 2 bridgehead atoms. The van der Waals surface area contributed by atoms with E-state index >= 15 is 0 Å². The van der Waals surface area contributed by atoms with E-state index in [9.17, 15) is 18.4 Å². The van der Waals surface area contributed by atoms with Crippen LogP contribution in [0.15, 0.2) is 66.0 Å². The third kappa shape index (κ3) is 5.13. The quantitative estimate of drug-likeness (QED) is 0.264. The normalized spacial score (nSPS) is 24.1. The number of rotatable bonds is 8. The van der Waals surface area contributed by atoms with Gasteiger partial charge in [0.05, 0.1) is 23.7 Å². The molecule has 3 aliphatic heterocycles. The third-order valence-electron chi connectivity index (χ3n) is 7.20. The molecule has 0 amide bonds. The number of nitrogens with zero attached hydrogens (tertiary/aromatic N) is 1. The Bertz CT molecular complexity index is 1190. The molecule has 1 aromatic heterocycles. The molecule has 1 N–H and O–H groups in total. The van der Waals surface area contributed by atoms with Gasteiger partial charge in [0.1, 0.15) is 24.7 Å². The zero-order valence-corrected chi connectivity index (χ0v) is 20.0. The molecule has 0 aliphatic carbocycles. The number of ether oxygens (including phenoxy) is 1. The second-order valence-corrected chi connectivity index (χ2v) is 10.4. The van der Waals surface area contributed by atoms with Gasteiger partial charge in [0, 0.05) is 18.8 Å². The molecule has 1 unspecified atom stereocenters. The van der Waals surface area contributed by atoms with Gasteiger partial charge < -0.3 is 14.5 Å². The molecular weight excluding hydrogens is 470 g/mol. The number of piperidine rings is 3. The van der Waals surface area contributed by atoms with Gasteiger partial charge in [0.25, 0.3) is 0 Å². The minimum atomic E-state index is -0.996. The summed E-state index contributed by atoms with van der Waals surface area (Å²) >= 11 is 1.45. The maximum Gasteiger partial charge on any atom is 0.333 e. The second-order valence-electron chi connectivity index (χ2n) is 9.45. The number of halogens is 2. The first-order valence-electron chi connectivity index (χ1n) is 11.8. The van der Waals surface area contributed by atoms with Gasteiger partial charge >= 0.3 is 5.97 Å². The first-order valence-corrected chi connectivity index (χ1v) is 12.7. The number of Topliss-reactive ketones (excluding diaryl/α,β-unsaturated/α-hetero) is 1. The van der Waals surface area contributed by atoms with Crippen molar-refractivity contribution in [1.29, 1.82) is 0 Å². The average molecular weight is 498 g/mol. The molecule has 3 fully saturated rings. The zero-order chi connectivity index (χ0) is 24.4. The van der Waals surface area contributed by atoms with Crippen molar-refractivity contribution in [3.8, 4) is 0 Å². The average Bonchev–Trinajstić information content (AvgIpc) is 3.40. The van der Waals surface area contributed by atoms with Crippen molar-refractivity contribution in [2.24, 2.45) is 5.92 Å². The van der Waals surface area contributed by atoms with E-state index in [-0.39, 0.29) is 23.5 Å². The monoisotopic (exact) mass is 497 g/mol. The number of hydrogen-bond donors (Lipinski definition) is 1. The van der Waals surface area contributed by atoms with Crippen LogP contribution in [0.1, 0.15) is 34.1 Å². The minimum absolute atomic E-state index is 0.121. The van der Waals surface area contributed by atoms with E-state index in [1.807, 2.05) is 17.5 Å². The Balaban J connectivity index is 1.34. The fraction of sp³-hybridized carbons (Fsp3) is 0.333. The summed E-state index contributed by atoms with van der Waals surface area (Å²) in [5.41, 5.74) is 0.649. The smallest absolute Gasteiger partial charge is 0.333 e. The molecule has 182 valence electrons. The number of para-hydroxylation sites is 1. The van der Waals surface area contributed by atoms with E-state index in [0.29, 0.717) is 23.1 Å². The number of ketones is 1. The Morgan fingerprint density at radius 2 is 1.77 bits per heavy atom. The molecule has 0 spiro atoms. The molecule has 2 aromatic carbocycles. The first-order chi connectivity index (χ1) is 16.9. The van der Waals surface area contributed by atoms with Crippen LogP contribution in [0.4, 0.5) is 14.5 Å². The molecule has 0 saturated carbocycles. The summed E-state index contributed by atoms with van der Waals surface area (Å²) in [6, 6.07) is 14.4. The lowest BCUT2D eigenvalue weighted by Gasteiger charge is -2.51. The molecule has 8 heteroatoms. The van der Waals surface area contributed by atoms with Crippen molar-refractivity contribution in [1.82, 2.24) is 0 Å². The fourth-order valence-electron chi connectivity index (χ4n) is 5.28. The van der Waals surface area contributed by atoms with Crippen LogP contribution in [0, 0.1) is 17.6 Å². The molecule has 6 rings (SSSR count). The lowest BCUT2D eigenvalue weighted by Crippen LogP contribution is -2.65. The number of quaternary nitrogens is 1. The van der Waals surface area contributed by atoms with Crippen LogP contribution in [0.3, 0.4) is 0 Å². The zero-order valence-electron chi connectivity index (χ0n) is 19.2. The number of carbonyl (C=O) groups is 2. The number of hydrogen-bond acceptors (Lipinski definition) is 5. The van der Waals surface area contributed by atoms with Crippen LogP contribution < -0.4 is 5.32 Å². The third-order valence-corrected chi connectivity index (χ3v) is 8.11. The number of thiophene rings is 1. The van der Waals surface area contributed by atoms with Gasteiger partial charge in [0.2, 0.25) is 5.78 Å². The number of benzene rings is 2. The molecule has 3 aromatic rings. The summed E-state index contributed by atoms with van der Waals surface area (Å²) in [7, 11) is 0. The Morgan fingerprint density at radius 1 is 1.03 bits per heavy atom. The van der Waals surface area contributed by atoms with Crippen LogP contribution >= 0.6 is 11.3 Å². The van der Waals surface area contributed by atoms with Crippen molar-refractivity contribution in [2.45, 2.75) is 25.0 Å². The van der Waals surface area contributed by atoms with E-state index in [0.717, 1.165) is 30.8 Å². The van der Waals surface area contributed by atoms with Gasteiger partial charge in [-0.25, -0.2) is 13.6 Å². The molecule has 4 heterocycles. The van der Waals surface area contributed by atoms with E-state index < -0.39 is 23.6 Å². The SMILES string of the molecule is O=C(C[N+]12CCC(CC1)[C@@H](OC(=O)C(Nc1ccccc1F)c1ccc(F)cc1)C2)c1cccs1. The van der Waals surface area contributed by atoms with Gasteiger partial charge in [-0.2, -0.15) is 0 Å². The van der Waals surface area contributed by atoms with E-state index in [2.05, 4.69) is 5.32 Å². The number of nitrogens with one attached hydrogen (secondary N) is 1. The predicted octanol–water partition coefficient (Wildman–Crippen LogP) is 5.21. The number of esters is 1. The highest BCUT2D eigenvalue weighted by molar-refractivity contribution is 7.12. The molecule has 5 nitrogen and oxygen atoms in total. The maximum atomic E-state index is 14.4. The summed E-state index contributed by atoms with van der Waals surface area (Å²) in [6.07, 6.45) is 1.45. The highest BCUT2D eigenvalue weighted by Crippen LogP contribution is 2.37. The fourth-order valence-corrected chi connectivity index (χ4v) is 5.94. The summed E-state index contributed by atoms with van der Waals surface area (Å²) in [6.45, 7) is 2.77. The van der Waals surface area contributed by atoms with Gasteiger partial charge in [-0.15, -0.1) is 11.3 Å². The van der Waals surface area contributed by atoms with Gasteiger partial charge in [0.15, 0.2) is 12.1 Å². The molecular formula is C27H27F2N2O3S+.